The van der Waals surface area contributed by atoms with Crippen LogP contribution in [-0.2, 0) is 4.74 Å². The maximum atomic E-state index is 6.34. The molecule has 4 rings (SSSR count). The molecule has 3 spiro atoms. The monoisotopic (exact) mass is 194 g/mol. The van der Waals surface area contributed by atoms with Crippen molar-refractivity contribution < 1.29 is 4.74 Å². The summed E-state index contributed by atoms with van der Waals surface area (Å²) in [5, 5.41) is 0. The lowest BCUT2D eigenvalue weighted by Gasteiger charge is -2.51. The Balaban J connectivity index is 1.77. The molecule has 3 aliphatic carbocycles. The van der Waals surface area contributed by atoms with Gasteiger partial charge in [-0.2, -0.15) is 0 Å². The number of rotatable bonds is 0. The van der Waals surface area contributed by atoms with Crippen molar-refractivity contribution in [1.29, 1.82) is 0 Å². The van der Waals surface area contributed by atoms with E-state index < -0.39 is 0 Å². The van der Waals surface area contributed by atoms with E-state index in [-0.39, 0.29) is 11.4 Å². The van der Waals surface area contributed by atoms with Gasteiger partial charge in [0.1, 0.15) is 11.4 Å². The van der Waals surface area contributed by atoms with E-state index in [4.69, 9.17) is 4.74 Å². The van der Waals surface area contributed by atoms with E-state index in [9.17, 15) is 0 Å². The van der Waals surface area contributed by atoms with Gasteiger partial charge in [0.05, 0.1) is 5.66 Å². The van der Waals surface area contributed by atoms with Crippen molar-refractivity contribution in [2.24, 2.45) is 0 Å². The third-order valence-electron chi connectivity index (χ3n) is 4.90. The van der Waals surface area contributed by atoms with Crippen molar-refractivity contribution in [1.82, 2.24) is 9.80 Å². The molecule has 3 saturated carbocycles. The SMILES string of the molecule is CN1C2(CC2)OC2(CC2)N(C)C12CC2. The van der Waals surface area contributed by atoms with Gasteiger partial charge in [-0.25, -0.2) is 0 Å². The molecule has 1 aliphatic heterocycles. The highest BCUT2D eigenvalue weighted by Crippen LogP contribution is 2.65. The Bertz CT molecular complexity index is 276. The van der Waals surface area contributed by atoms with Crippen LogP contribution in [0.15, 0.2) is 0 Å². The first-order chi connectivity index (χ1) is 6.64. The minimum atomic E-state index is 0.152. The molecular formula is C11H18N2O. The molecule has 0 atom stereocenters. The van der Waals surface area contributed by atoms with Crippen LogP contribution < -0.4 is 0 Å². The lowest BCUT2D eigenvalue weighted by atomic mass is 10.2. The standard InChI is InChI=1S/C11H18N2O/c1-12-9(3-4-9)13(2)11(7-8-11)14-10(12)5-6-10/h3-8H2,1-2H3. The maximum Gasteiger partial charge on any atom is 0.125 e. The third-order valence-corrected chi connectivity index (χ3v) is 4.90. The minimum Gasteiger partial charge on any atom is -0.339 e. The zero-order valence-corrected chi connectivity index (χ0v) is 9.05. The number of hydrogen-bond acceptors (Lipinski definition) is 3. The van der Waals surface area contributed by atoms with E-state index in [0.29, 0.717) is 5.66 Å². The summed E-state index contributed by atoms with van der Waals surface area (Å²) in [6, 6.07) is 0. The summed E-state index contributed by atoms with van der Waals surface area (Å²) in [5.41, 5.74) is 0.685. The molecule has 1 saturated heterocycles. The fourth-order valence-electron chi connectivity index (χ4n) is 3.35. The number of hydrogen-bond donors (Lipinski definition) is 0. The topological polar surface area (TPSA) is 15.7 Å². The highest BCUT2D eigenvalue weighted by Gasteiger charge is 2.73. The van der Waals surface area contributed by atoms with Crippen LogP contribution in [0.5, 0.6) is 0 Å². The highest BCUT2D eigenvalue weighted by atomic mass is 16.6. The molecule has 78 valence electrons. The molecule has 0 radical (unpaired) electrons. The summed E-state index contributed by atoms with van der Waals surface area (Å²) in [4.78, 5) is 5.03. The van der Waals surface area contributed by atoms with Crippen molar-refractivity contribution in [2.45, 2.75) is 55.6 Å². The van der Waals surface area contributed by atoms with Gasteiger partial charge < -0.3 is 4.74 Å². The third kappa shape index (κ3) is 0.698. The molecule has 0 bridgehead atoms. The molecule has 3 heteroatoms. The zero-order chi connectivity index (χ0) is 9.60. The predicted molar refractivity (Wildman–Crippen MR) is 52.5 cm³/mol. The molecule has 14 heavy (non-hydrogen) atoms. The molecule has 3 nitrogen and oxygen atoms in total. The van der Waals surface area contributed by atoms with Crippen molar-refractivity contribution >= 4 is 0 Å². The largest absolute Gasteiger partial charge is 0.339 e. The fraction of sp³-hybridized carbons (Fsp3) is 1.00. The van der Waals surface area contributed by atoms with E-state index in [1.54, 1.807) is 0 Å². The van der Waals surface area contributed by atoms with E-state index >= 15 is 0 Å². The first kappa shape index (κ1) is 8.08. The lowest BCUT2D eigenvalue weighted by molar-refractivity contribution is -0.278. The van der Waals surface area contributed by atoms with Crippen LogP contribution in [0.2, 0.25) is 0 Å². The second-order valence-electron chi connectivity index (χ2n) is 5.59. The fourth-order valence-corrected chi connectivity index (χ4v) is 3.35. The van der Waals surface area contributed by atoms with Crippen LogP contribution >= 0.6 is 0 Å². The van der Waals surface area contributed by atoms with Gasteiger partial charge >= 0.3 is 0 Å². The Morgan fingerprint density at radius 2 is 1.21 bits per heavy atom. The maximum absolute atomic E-state index is 6.34. The smallest absolute Gasteiger partial charge is 0.125 e. The van der Waals surface area contributed by atoms with E-state index in [1.165, 1.54) is 38.5 Å². The molecule has 0 amide bonds. The summed E-state index contributed by atoms with van der Waals surface area (Å²) in [7, 11) is 4.51. The zero-order valence-electron chi connectivity index (χ0n) is 9.05. The van der Waals surface area contributed by atoms with Gasteiger partial charge in [-0.3, -0.25) is 9.80 Å². The van der Waals surface area contributed by atoms with Crippen LogP contribution in [0.4, 0.5) is 0 Å². The molecule has 1 heterocycles. The molecule has 0 aromatic rings. The van der Waals surface area contributed by atoms with Crippen molar-refractivity contribution in [3.8, 4) is 0 Å². The van der Waals surface area contributed by atoms with Crippen LogP contribution in [0, 0.1) is 0 Å². The Morgan fingerprint density at radius 3 is 1.50 bits per heavy atom. The van der Waals surface area contributed by atoms with Gasteiger partial charge in [-0.1, -0.05) is 0 Å². The molecule has 4 aliphatic rings. The summed E-state index contributed by atoms with van der Waals surface area (Å²) in [6.45, 7) is 0. The first-order valence-electron chi connectivity index (χ1n) is 5.82. The van der Waals surface area contributed by atoms with Gasteiger partial charge in [0.25, 0.3) is 0 Å². The van der Waals surface area contributed by atoms with Crippen LogP contribution in [0.25, 0.3) is 0 Å². The van der Waals surface area contributed by atoms with Crippen molar-refractivity contribution in [3.63, 3.8) is 0 Å². The average Bonchev–Trinajstić information content (AvgIpc) is 3.05. The lowest BCUT2D eigenvalue weighted by Crippen LogP contribution is -2.65. The van der Waals surface area contributed by atoms with Crippen LogP contribution in [0.1, 0.15) is 38.5 Å². The van der Waals surface area contributed by atoms with Crippen LogP contribution in [-0.4, -0.2) is 41.0 Å². The van der Waals surface area contributed by atoms with Gasteiger partial charge in [-0.15, -0.1) is 0 Å². The summed E-state index contributed by atoms with van der Waals surface area (Å²) < 4.78 is 6.34. The van der Waals surface area contributed by atoms with E-state index in [1.807, 2.05) is 0 Å². The van der Waals surface area contributed by atoms with Crippen molar-refractivity contribution in [3.05, 3.63) is 0 Å². The molecule has 4 fully saturated rings. The molecule has 0 N–H and O–H groups in total. The Labute approximate surface area is 85.0 Å². The predicted octanol–water partition coefficient (Wildman–Crippen LogP) is 1.35. The second kappa shape index (κ2) is 1.91. The quantitative estimate of drug-likeness (QED) is 0.579. The van der Waals surface area contributed by atoms with Crippen LogP contribution in [0.3, 0.4) is 0 Å². The normalized spacial score (nSPS) is 40.7. The van der Waals surface area contributed by atoms with E-state index in [2.05, 4.69) is 23.9 Å². The second-order valence-corrected chi connectivity index (χ2v) is 5.59. The van der Waals surface area contributed by atoms with E-state index in [0.717, 1.165) is 0 Å². The Morgan fingerprint density at radius 1 is 0.786 bits per heavy atom. The summed E-state index contributed by atoms with van der Waals surface area (Å²) in [5.74, 6) is 0. The minimum absolute atomic E-state index is 0.152. The average molecular weight is 194 g/mol. The molecule has 0 unspecified atom stereocenters. The van der Waals surface area contributed by atoms with Gasteiger partial charge in [-0.05, 0) is 52.6 Å². The van der Waals surface area contributed by atoms with Crippen molar-refractivity contribution in [2.75, 3.05) is 14.1 Å². The Hall–Kier alpha value is -0.120. The first-order valence-corrected chi connectivity index (χ1v) is 5.82. The summed E-state index contributed by atoms with van der Waals surface area (Å²) in [6.07, 6.45) is 7.68. The van der Waals surface area contributed by atoms with Gasteiger partial charge in [0, 0.05) is 0 Å². The summed E-state index contributed by atoms with van der Waals surface area (Å²) >= 11 is 0. The highest BCUT2D eigenvalue weighted by molar-refractivity contribution is 5.18. The number of ether oxygens (including phenoxy) is 1. The molecule has 0 aromatic carbocycles. The molecular weight excluding hydrogens is 176 g/mol. The van der Waals surface area contributed by atoms with Gasteiger partial charge in [0.2, 0.25) is 0 Å². The molecule has 0 aromatic heterocycles. The van der Waals surface area contributed by atoms with Gasteiger partial charge in [0.15, 0.2) is 0 Å². The Kier molecular flexibility index (Phi) is 1.10. The number of nitrogens with zero attached hydrogens (tertiary/aromatic N) is 2.